The van der Waals surface area contributed by atoms with Gasteiger partial charge in [-0.15, -0.1) is 0 Å². The molecule has 1 heterocycles. The van der Waals surface area contributed by atoms with E-state index in [9.17, 15) is 0 Å². The molecule has 1 unspecified atom stereocenters. The fourth-order valence-corrected chi connectivity index (χ4v) is 3.69. The summed E-state index contributed by atoms with van der Waals surface area (Å²) in [5, 5.41) is 3.73. The van der Waals surface area contributed by atoms with Crippen LogP contribution in [0.3, 0.4) is 0 Å². The van der Waals surface area contributed by atoms with E-state index in [1.165, 1.54) is 43.7 Å². The van der Waals surface area contributed by atoms with Gasteiger partial charge in [0.2, 0.25) is 0 Å². The van der Waals surface area contributed by atoms with Crippen LogP contribution in [-0.2, 0) is 0 Å². The average molecular weight is 243 g/mol. The second-order valence-electron chi connectivity index (χ2n) is 6.42. The molecule has 1 aliphatic heterocycles. The summed E-state index contributed by atoms with van der Waals surface area (Å²) in [6, 6.07) is 0.757. The zero-order chi connectivity index (χ0) is 12.0. The van der Waals surface area contributed by atoms with Gasteiger partial charge in [0.05, 0.1) is 0 Å². The van der Waals surface area contributed by atoms with Gasteiger partial charge >= 0.3 is 0 Å². The van der Waals surface area contributed by atoms with Crippen molar-refractivity contribution >= 4 is 11.8 Å². The second kappa shape index (κ2) is 6.90. The summed E-state index contributed by atoms with van der Waals surface area (Å²) in [6.45, 7) is 10.6. The molecule has 1 N–H and O–H groups in total. The summed E-state index contributed by atoms with van der Waals surface area (Å²) in [4.78, 5) is 0. The average Bonchev–Trinajstić information content (AvgIpc) is 2.15. The largest absolute Gasteiger partial charge is 0.313 e. The first-order valence-electron chi connectivity index (χ1n) is 6.81. The fourth-order valence-electron chi connectivity index (χ4n) is 2.38. The molecular formula is C14H29NS. The third kappa shape index (κ3) is 6.15. The first-order chi connectivity index (χ1) is 7.49. The first-order valence-corrected chi connectivity index (χ1v) is 7.96. The zero-order valence-electron chi connectivity index (χ0n) is 11.5. The topological polar surface area (TPSA) is 12.0 Å². The van der Waals surface area contributed by atoms with E-state index in [0.29, 0.717) is 5.41 Å². The Morgan fingerprint density at radius 3 is 2.69 bits per heavy atom. The van der Waals surface area contributed by atoms with Crippen molar-refractivity contribution in [2.24, 2.45) is 11.3 Å². The van der Waals surface area contributed by atoms with Crippen LogP contribution < -0.4 is 5.32 Å². The highest BCUT2D eigenvalue weighted by molar-refractivity contribution is 7.99. The lowest BCUT2D eigenvalue weighted by atomic mass is 9.88. The van der Waals surface area contributed by atoms with Crippen molar-refractivity contribution in [3.63, 3.8) is 0 Å². The van der Waals surface area contributed by atoms with Crippen molar-refractivity contribution in [1.82, 2.24) is 5.32 Å². The minimum absolute atomic E-state index is 0.540. The van der Waals surface area contributed by atoms with Crippen molar-refractivity contribution in [3.8, 4) is 0 Å². The summed E-state index contributed by atoms with van der Waals surface area (Å²) in [6.07, 6.45) is 5.46. The second-order valence-corrected chi connectivity index (χ2v) is 7.45. The van der Waals surface area contributed by atoms with Gasteiger partial charge in [-0.05, 0) is 36.5 Å². The van der Waals surface area contributed by atoms with Gasteiger partial charge in [-0.2, -0.15) is 11.8 Å². The molecule has 96 valence electrons. The van der Waals surface area contributed by atoms with Gasteiger partial charge in [0.1, 0.15) is 0 Å². The molecule has 0 amide bonds. The Kier molecular flexibility index (Phi) is 6.20. The van der Waals surface area contributed by atoms with Crippen LogP contribution in [0, 0.1) is 11.3 Å². The lowest BCUT2D eigenvalue weighted by molar-refractivity contribution is 0.316. The van der Waals surface area contributed by atoms with Crippen molar-refractivity contribution in [2.75, 3.05) is 18.1 Å². The third-order valence-corrected chi connectivity index (χ3v) is 4.88. The molecule has 0 bridgehead atoms. The molecule has 1 fully saturated rings. The van der Waals surface area contributed by atoms with Crippen LogP contribution in [0.25, 0.3) is 0 Å². The maximum atomic E-state index is 3.73. The first kappa shape index (κ1) is 14.4. The van der Waals surface area contributed by atoms with Gasteiger partial charge in [0.15, 0.2) is 0 Å². The minimum atomic E-state index is 0.540. The van der Waals surface area contributed by atoms with Crippen LogP contribution in [0.1, 0.15) is 53.4 Å². The lowest BCUT2D eigenvalue weighted by Gasteiger charge is -2.35. The lowest BCUT2D eigenvalue weighted by Crippen LogP contribution is -2.40. The number of rotatable bonds is 6. The molecule has 1 rings (SSSR count). The monoisotopic (exact) mass is 243 g/mol. The predicted molar refractivity (Wildman–Crippen MR) is 76.2 cm³/mol. The van der Waals surface area contributed by atoms with Crippen LogP contribution in [0.2, 0.25) is 0 Å². The van der Waals surface area contributed by atoms with Crippen molar-refractivity contribution in [3.05, 3.63) is 0 Å². The van der Waals surface area contributed by atoms with Gasteiger partial charge in [0, 0.05) is 11.8 Å². The molecule has 0 spiro atoms. The molecule has 0 aromatic rings. The Balaban J connectivity index is 2.04. The van der Waals surface area contributed by atoms with Gasteiger partial charge in [0.25, 0.3) is 0 Å². The highest BCUT2D eigenvalue weighted by atomic mass is 32.2. The Bertz CT molecular complexity index is 189. The maximum absolute atomic E-state index is 3.73. The molecule has 1 atom stereocenters. The molecular weight excluding hydrogens is 214 g/mol. The van der Waals surface area contributed by atoms with Gasteiger partial charge in [-0.25, -0.2) is 0 Å². The van der Waals surface area contributed by atoms with Crippen LogP contribution >= 0.6 is 11.8 Å². The van der Waals surface area contributed by atoms with E-state index in [1.807, 2.05) is 0 Å². The highest BCUT2D eigenvalue weighted by Crippen LogP contribution is 2.33. The molecule has 0 radical (unpaired) electrons. The van der Waals surface area contributed by atoms with Gasteiger partial charge in [-0.1, -0.05) is 40.5 Å². The maximum Gasteiger partial charge on any atom is 0.0163 e. The van der Waals surface area contributed by atoms with Crippen LogP contribution in [0.4, 0.5) is 0 Å². The predicted octanol–water partition coefficient (Wildman–Crippen LogP) is 3.93. The quantitative estimate of drug-likeness (QED) is 0.709. The molecule has 2 heteroatoms. The summed E-state index contributed by atoms with van der Waals surface area (Å²) in [5.74, 6) is 3.51. The summed E-state index contributed by atoms with van der Waals surface area (Å²) < 4.78 is 0. The van der Waals surface area contributed by atoms with Crippen molar-refractivity contribution < 1.29 is 0 Å². The number of unbranched alkanes of at least 4 members (excludes halogenated alkanes) is 1. The summed E-state index contributed by atoms with van der Waals surface area (Å²) >= 11 is 2.12. The highest BCUT2D eigenvalue weighted by Gasteiger charge is 2.27. The van der Waals surface area contributed by atoms with Crippen LogP contribution in [0.5, 0.6) is 0 Å². The van der Waals surface area contributed by atoms with E-state index in [1.54, 1.807) is 0 Å². The van der Waals surface area contributed by atoms with E-state index in [2.05, 4.69) is 44.8 Å². The molecule has 0 saturated carbocycles. The normalized spacial score (nSPS) is 24.9. The standard InChI is InChI=1S/C14H29NS/c1-12(2)7-5-6-8-15-13-9-14(3,4)11-16-10-13/h12-13,15H,5-11H2,1-4H3. The molecule has 1 aliphatic rings. The molecule has 16 heavy (non-hydrogen) atoms. The van der Waals surface area contributed by atoms with Crippen LogP contribution in [-0.4, -0.2) is 24.1 Å². The Hall–Kier alpha value is 0.310. The number of hydrogen-bond donors (Lipinski definition) is 1. The van der Waals surface area contributed by atoms with E-state index < -0.39 is 0 Å². The number of hydrogen-bond acceptors (Lipinski definition) is 2. The van der Waals surface area contributed by atoms with E-state index in [4.69, 9.17) is 0 Å². The van der Waals surface area contributed by atoms with Crippen molar-refractivity contribution in [1.29, 1.82) is 0 Å². The summed E-state index contributed by atoms with van der Waals surface area (Å²) in [5.41, 5.74) is 0.540. The van der Waals surface area contributed by atoms with E-state index in [0.717, 1.165) is 12.0 Å². The molecule has 0 aromatic heterocycles. The van der Waals surface area contributed by atoms with Crippen molar-refractivity contribution in [2.45, 2.75) is 59.4 Å². The number of thioether (sulfide) groups is 1. The molecule has 0 aromatic carbocycles. The zero-order valence-corrected chi connectivity index (χ0v) is 12.3. The van der Waals surface area contributed by atoms with E-state index in [-0.39, 0.29) is 0 Å². The van der Waals surface area contributed by atoms with E-state index >= 15 is 0 Å². The Labute approximate surface area is 106 Å². The summed E-state index contributed by atoms with van der Waals surface area (Å²) in [7, 11) is 0. The smallest absolute Gasteiger partial charge is 0.0163 e. The Morgan fingerprint density at radius 1 is 1.31 bits per heavy atom. The molecule has 1 saturated heterocycles. The SMILES string of the molecule is CC(C)CCCCNC1CSCC(C)(C)C1. The third-order valence-electron chi connectivity index (χ3n) is 3.25. The minimum Gasteiger partial charge on any atom is -0.313 e. The van der Waals surface area contributed by atoms with Gasteiger partial charge in [-0.3, -0.25) is 0 Å². The van der Waals surface area contributed by atoms with Crippen LogP contribution in [0.15, 0.2) is 0 Å². The molecule has 0 aliphatic carbocycles. The number of nitrogens with one attached hydrogen (secondary N) is 1. The fraction of sp³-hybridized carbons (Fsp3) is 1.00. The molecule has 1 nitrogen and oxygen atoms in total. The Morgan fingerprint density at radius 2 is 2.06 bits per heavy atom. The van der Waals surface area contributed by atoms with Gasteiger partial charge < -0.3 is 5.32 Å².